The Bertz CT molecular complexity index is 226. The maximum absolute atomic E-state index is 11.8. The molecule has 0 aromatic carbocycles. The summed E-state index contributed by atoms with van der Waals surface area (Å²) in [6.45, 7) is 2.61. The summed E-state index contributed by atoms with van der Waals surface area (Å²) in [6.07, 6.45) is 0.754. The van der Waals surface area contributed by atoms with Crippen molar-refractivity contribution >= 4 is 5.91 Å². The van der Waals surface area contributed by atoms with E-state index in [1.54, 1.807) is 0 Å². The molecule has 2 atom stereocenters. The molecule has 1 amide bonds. The van der Waals surface area contributed by atoms with Gasteiger partial charge in [0.05, 0.1) is 32.3 Å². The molecule has 3 N–H and O–H groups in total. The van der Waals surface area contributed by atoms with Crippen LogP contribution in [0.2, 0.25) is 0 Å². The van der Waals surface area contributed by atoms with E-state index in [2.05, 4.69) is 10.6 Å². The number of aliphatic hydroxyl groups excluding tert-OH is 1. The minimum absolute atomic E-state index is 0.0315. The summed E-state index contributed by atoms with van der Waals surface area (Å²) in [4.78, 5) is 11.8. The Morgan fingerprint density at radius 1 is 1.47 bits per heavy atom. The zero-order chi connectivity index (χ0) is 12.5. The van der Waals surface area contributed by atoms with E-state index in [9.17, 15) is 4.79 Å². The zero-order valence-electron chi connectivity index (χ0n) is 10.3. The lowest BCUT2D eigenvalue weighted by atomic mass is 10.0. The zero-order valence-corrected chi connectivity index (χ0v) is 10.3. The molecule has 1 aliphatic rings. The van der Waals surface area contributed by atoms with Crippen LogP contribution >= 0.6 is 0 Å². The number of carbonyl (C=O) groups excluding carboxylic acids is 1. The molecule has 100 valence electrons. The van der Waals surface area contributed by atoms with Gasteiger partial charge in [-0.15, -0.1) is 0 Å². The van der Waals surface area contributed by atoms with Gasteiger partial charge in [-0.2, -0.15) is 0 Å². The maximum Gasteiger partial charge on any atom is 0.227 e. The van der Waals surface area contributed by atoms with Gasteiger partial charge in [0.15, 0.2) is 0 Å². The third-order valence-electron chi connectivity index (χ3n) is 2.79. The number of likely N-dealkylation sites (N-methyl/N-ethyl adjacent to an activating group) is 1. The standard InChI is InChI=1S/C11H22N2O4/c1-12-10-8-17-7-9(10)11(15)13-3-2-5-16-6-4-14/h9-10,12,14H,2-8H2,1H3,(H,13,15). The Morgan fingerprint density at radius 2 is 2.29 bits per heavy atom. The van der Waals surface area contributed by atoms with Crippen molar-refractivity contribution in [1.82, 2.24) is 10.6 Å². The molecule has 0 spiro atoms. The second-order valence-corrected chi connectivity index (χ2v) is 4.02. The first kappa shape index (κ1) is 14.4. The lowest BCUT2D eigenvalue weighted by molar-refractivity contribution is -0.125. The fourth-order valence-corrected chi connectivity index (χ4v) is 1.78. The quantitative estimate of drug-likeness (QED) is 0.466. The van der Waals surface area contributed by atoms with Gasteiger partial charge in [0.25, 0.3) is 0 Å². The average molecular weight is 246 g/mol. The van der Waals surface area contributed by atoms with Gasteiger partial charge >= 0.3 is 0 Å². The van der Waals surface area contributed by atoms with E-state index in [4.69, 9.17) is 14.6 Å². The lowest BCUT2D eigenvalue weighted by Gasteiger charge is -2.16. The average Bonchev–Trinajstić information content (AvgIpc) is 2.81. The highest BCUT2D eigenvalue weighted by atomic mass is 16.5. The van der Waals surface area contributed by atoms with Gasteiger partial charge < -0.3 is 25.2 Å². The molecule has 0 bridgehead atoms. The van der Waals surface area contributed by atoms with Gasteiger partial charge in [-0.25, -0.2) is 0 Å². The summed E-state index contributed by atoms with van der Waals surface area (Å²) in [5.74, 6) is -0.0673. The highest BCUT2D eigenvalue weighted by Gasteiger charge is 2.32. The molecule has 1 aliphatic heterocycles. The molecule has 0 aromatic heterocycles. The lowest BCUT2D eigenvalue weighted by Crippen LogP contribution is -2.42. The number of hydrogen-bond donors (Lipinski definition) is 3. The van der Waals surface area contributed by atoms with E-state index in [1.165, 1.54) is 0 Å². The summed E-state index contributed by atoms with van der Waals surface area (Å²) in [6, 6.07) is 0.112. The maximum atomic E-state index is 11.8. The van der Waals surface area contributed by atoms with Crippen molar-refractivity contribution in [2.75, 3.05) is 46.6 Å². The number of amides is 1. The van der Waals surface area contributed by atoms with Crippen LogP contribution in [-0.2, 0) is 14.3 Å². The molecular weight excluding hydrogens is 224 g/mol. The van der Waals surface area contributed by atoms with Crippen molar-refractivity contribution in [2.24, 2.45) is 5.92 Å². The smallest absolute Gasteiger partial charge is 0.227 e. The predicted octanol–water partition coefficient (Wildman–Crippen LogP) is -1.26. The molecular formula is C11H22N2O4. The van der Waals surface area contributed by atoms with Crippen molar-refractivity contribution in [3.8, 4) is 0 Å². The van der Waals surface area contributed by atoms with E-state index in [-0.39, 0.29) is 24.5 Å². The molecule has 6 nitrogen and oxygen atoms in total. The summed E-state index contributed by atoms with van der Waals surface area (Å²) < 4.78 is 10.4. The third kappa shape index (κ3) is 4.99. The second-order valence-electron chi connectivity index (χ2n) is 4.02. The van der Waals surface area contributed by atoms with Gasteiger partial charge in [-0.05, 0) is 13.5 Å². The van der Waals surface area contributed by atoms with Crippen molar-refractivity contribution in [1.29, 1.82) is 0 Å². The van der Waals surface area contributed by atoms with Crippen molar-refractivity contribution in [3.63, 3.8) is 0 Å². The number of carbonyl (C=O) groups is 1. The van der Waals surface area contributed by atoms with E-state index >= 15 is 0 Å². The summed E-state index contributed by atoms with van der Waals surface area (Å²) >= 11 is 0. The Kier molecular flexibility index (Phi) is 7.11. The number of aliphatic hydroxyl groups is 1. The molecule has 1 heterocycles. The Labute approximate surface area is 102 Å². The van der Waals surface area contributed by atoms with Crippen molar-refractivity contribution < 1.29 is 19.4 Å². The van der Waals surface area contributed by atoms with Gasteiger partial charge in [-0.3, -0.25) is 4.79 Å². The SMILES string of the molecule is CNC1COCC1C(=O)NCCCOCCO. The van der Waals surface area contributed by atoms with E-state index < -0.39 is 0 Å². The van der Waals surface area contributed by atoms with Gasteiger partial charge in [0, 0.05) is 19.2 Å². The molecule has 2 unspecified atom stereocenters. The molecule has 1 fully saturated rings. The summed E-state index contributed by atoms with van der Waals surface area (Å²) in [7, 11) is 1.84. The fraction of sp³-hybridized carbons (Fsp3) is 0.909. The van der Waals surface area contributed by atoms with E-state index in [1.807, 2.05) is 7.05 Å². The van der Waals surface area contributed by atoms with Gasteiger partial charge in [0.1, 0.15) is 0 Å². The largest absolute Gasteiger partial charge is 0.394 e. The molecule has 17 heavy (non-hydrogen) atoms. The third-order valence-corrected chi connectivity index (χ3v) is 2.79. The minimum atomic E-state index is -0.0987. The van der Waals surface area contributed by atoms with Gasteiger partial charge in [-0.1, -0.05) is 0 Å². The topological polar surface area (TPSA) is 79.8 Å². The van der Waals surface area contributed by atoms with E-state index in [0.717, 1.165) is 6.42 Å². The minimum Gasteiger partial charge on any atom is -0.394 e. The Balaban J connectivity index is 2.08. The fourth-order valence-electron chi connectivity index (χ4n) is 1.78. The molecule has 0 saturated carbocycles. The first-order chi connectivity index (χ1) is 8.29. The van der Waals surface area contributed by atoms with Crippen LogP contribution in [0.15, 0.2) is 0 Å². The van der Waals surface area contributed by atoms with Crippen LogP contribution in [0.5, 0.6) is 0 Å². The molecule has 0 aromatic rings. The van der Waals surface area contributed by atoms with Gasteiger partial charge in [0.2, 0.25) is 5.91 Å². The van der Waals surface area contributed by atoms with Crippen molar-refractivity contribution in [3.05, 3.63) is 0 Å². The first-order valence-corrected chi connectivity index (χ1v) is 6.01. The Hall–Kier alpha value is -0.690. The van der Waals surface area contributed by atoms with E-state index in [0.29, 0.717) is 33.0 Å². The molecule has 1 saturated heterocycles. The predicted molar refractivity (Wildman–Crippen MR) is 62.7 cm³/mol. The number of nitrogens with one attached hydrogen (secondary N) is 2. The highest BCUT2D eigenvalue weighted by molar-refractivity contribution is 5.79. The molecule has 1 rings (SSSR count). The highest BCUT2D eigenvalue weighted by Crippen LogP contribution is 2.13. The monoisotopic (exact) mass is 246 g/mol. The molecule has 6 heteroatoms. The second kappa shape index (κ2) is 8.41. The summed E-state index contributed by atoms with van der Waals surface area (Å²) in [5.41, 5.74) is 0. The van der Waals surface area contributed by atoms with Crippen LogP contribution in [0.25, 0.3) is 0 Å². The van der Waals surface area contributed by atoms with Crippen LogP contribution in [-0.4, -0.2) is 63.7 Å². The Morgan fingerprint density at radius 3 is 3.00 bits per heavy atom. The van der Waals surface area contributed by atoms with Crippen LogP contribution in [0.4, 0.5) is 0 Å². The van der Waals surface area contributed by atoms with Crippen LogP contribution in [0.1, 0.15) is 6.42 Å². The van der Waals surface area contributed by atoms with Crippen LogP contribution < -0.4 is 10.6 Å². The normalized spacial score (nSPS) is 23.9. The number of rotatable bonds is 8. The van der Waals surface area contributed by atoms with Crippen LogP contribution in [0.3, 0.4) is 0 Å². The van der Waals surface area contributed by atoms with Crippen molar-refractivity contribution in [2.45, 2.75) is 12.5 Å². The number of ether oxygens (including phenoxy) is 2. The first-order valence-electron chi connectivity index (χ1n) is 6.01. The summed E-state index contributed by atoms with van der Waals surface area (Å²) in [5, 5.41) is 14.4. The van der Waals surface area contributed by atoms with Crippen LogP contribution in [0, 0.1) is 5.92 Å². The number of hydrogen-bond acceptors (Lipinski definition) is 5. The molecule has 0 aliphatic carbocycles. The molecule has 0 radical (unpaired) electrons.